The maximum absolute atomic E-state index is 11.1. The van der Waals surface area contributed by atoms with Crippen LogP contribution < -0.4 is 14.2 Å². The predicted octanol–water partition coefficient (Wildman–Crippen LogP) is 4.51. The fourth-order valence-electron chi connectivity index (χ4n) is 2.35. The third-order valence-corrected chi connectivity index (χ3v) is 3.75. The molecule has 0 atom stereocenters. The average molecular weight is 365 g/mol. The number of rotatable bonds is 8. The van der Waals surface area contributed by atoms with Crippen molar-refractivity contribution in [1.82, 2.24) is 0 Å². The van der Waals surface area contributed by atoms with Gasteiger partial charge in [-0.15, -0.1) is 0 Å². The number of benzene rings is 2. The molecule has 0 bridgehead atoms. The van der Waals surface area contributed by atoms with Crippen molar-refractivity contribution in [3.63, 3.8) is 0 Å². The van der Waals surface area contributed by atoms with E-state index in [-0.39, 0.29) is 17.2 Å². The maximum atomic E-state index is 11.1. The summed E-state index contributed by atoms with van der Waals surface area (Å²) in [5.74, 6) is 0.343. The van der Waals surface area contributed by atoms with Gasteiger partial charge in [-0.2, -0.15) is 0 Å². The van der Waals surface area contributed by atoms with Gasteiger partial charge in [0.05, 0.1) is 17.2 Å². The lowest BCUT2D eigenvalue weighted by molar-refractivity contribution is 0.0696. The van der Waals surface area contributed by atoms with Crippen molar-refractivity contribution >= 4 is 17.6 Å². The first-order valence-electron chi connectivity index (χ1n) is 7.94. The van der Waals surface area contributed by atoms with Crippen LogP contribution in [0.1, 0.15) is 28.4 Å². The van der Waals surface area contributed by atoms with E-state index in [0.717, 1.165) is 11.3 Å². The van der Waals surface area contributed by atoms with Crippen molar-refractivity contribution in [2.75, 3.05) is 19.8 Å². The Bertz CT molecular complexity index is 758. The van der Waals surface area contributed by atoms with E-state index in [1.165, 1.54) is 17.7 Å². The predicted molar refractivity (Wildman–Crippen MR) is 96.5 cm³/mol. The summed E-state index contributed by atoms with van der Waals surface area (Å²) in [6, 6.07) is 8.69. The zero-order valence-corrected chi connectivity index (χ0v) is 15.2. The molecule has 0 unspecified atom stereocenters. The normalized spacial score (nSPS) is 10.4. The molecular formula is C19H21ClO5. The van der Waals surface area contributed by atoms with E-state index in [4.69, 9.17) is 30.9 Å². The van der Waals surface area contributed by atoms with Crippen LogP contribution in [0, 0.1) is 13.8 Å². The van der Waals surface area contributed by atoms with Crippen LogP contribution in [0.3, 0.4) is 0 Å². The van der Waals surface area contributed by atoms with Crippen molar-refractivity contribution in [2.24, 2.45) is 0 Å². The van der Waals surface area contributed by atoms with Crippen LogP contribution in [0.4, 0.5) is 0 Å². The average Bonchev–Trinajstić information content (AvgIpc) is 2.55. The van der Waals surface area contributed by atoms with Crippen molar-refractivity contribution in [1.29, 1.82) is 0 Å². The smallest absolute Gasteiger partial charge is 0.335 e. The van der Waals surface area contributed by atoms with Gasteiger partial charge in [-0.1, -0.05) is 29.3 Å². The van der Waals surface area contributed by atoms with E-state index in [9.17, 15) is 4.79 Å². The summed E-state index contributed by atoms with van der Waals surface area (Å²) in [4.78, 5) is 11.1. The van der Waals surface area contributed by atoms with Gasteiger partial charge in [0, 0.05) is 0 Å². The molecule has 0 heterocycles. The van der Waals surface area contributed by atoms with Crippen LogP contribution in [0.2, 0.25) is 5.02 Å². The third-order valence-electron chi connectivity index (χ3n) is 3.47. The number of halogens is 1. The van der Waals surface area contributed by atoms with Crippen molar-refractivity contribution in [3.05, 3.63) is 52.0 Å². The minimum Gasteiger partial charge on any atom is -0.490 e. The Balaban J connectivity index is 2.03. The van der Waals surface area contributed by atoms with Crippen molar-refractivity contribution < 1.29 is 24.1 Å². The molecule has 2 rings (SSSR count). The van der Waals surface area contributed by atoms with Crippen LogP contribution in [-0.2, 0) is 0 Å². The van der Waals surface area contributed by atoms with E-state index in [2.05, 4.69) is 0 Å². The number of carboxylic acid groups (broad SMARTS) is 1. The number of hydrogen-bond donors (Lipinski definition) is 1. The summed E-state index contributed by atoms with van der Waals surface area (Å²) in [6.07, 6.45) is 0. The molecular weight excluding hydrogens is 344 g/mol. The molecule has 0 aliphatic carbocycles. The molecule has 6 heteroatoms. The lowest BCUT2D eigenvalue weighted by Gasteiger charge is -2.15. The number of hydrogen-bond acceptors (Lipinski definition) is 4. The van der Waals surface area contributed by atoms with E-state index < -0.39 is 5.97 Å². The second kappa shape index (κ2) is 8.62. The number of ether oxygens (including phenoxy) is 3. The van der Waals surface area contributed by atoms with Crippen LogP contribution in [0.15, 0.2) is 30.3 Å². The SMILES string of the molecule is CCOc1cc(C(=O)O)cc(Cl)c1OCCOc1ccc(C)cc1C. The standard InChI is InChI=1S/C19H21ClO5/c1-4-23-17-11-14(19(21)22)10-15(20)18(17)25-8-7-24-16-6-5-12(2)9-13(16)3/h5-6,9-11H,4,7-8H2,1-3H3,(H,21,22). The number of aromatic carboxylic acids is 1. The van der Waals surface area contributed by atoms with Crippen molar-refractivity contribution in [2.45, 2.75) is 20.8 Å². The lowest BCUT2D eigenvalue weighted by atomic mass is 10.1. The lowest BCUT2D eigenvalue weighted by Crippen LogP contribution is -2.11. The van der Waals surface area contributed by atoms with Gasteiger partial charge in [-0.25, -0.2) is 4.79 Å². The molecule has 0 fully saturated rings. The van der Waals surface area contributed by atoms with E-state index >= 15 is 0 Å². The van der Waals surface area contributed by atoms with Crippen LogP contribution in [0.25, 0.3) is 0 Å². The Labute approximate surface area is 152 Å². The van der Waals surface area contributed by atoms with Gasteiger partial charge in [0.25, 0.3) is 0 Å². The molecule has 0 amide bonds. The number of carboxylic acids is 1. The summed E-state index contributed by atoms with van der Waals surface area (Å²) >= 11 is 6.14. The van der Waals surface area contributed by atoms with Gasteiger partial charge in [0.15, 0.2) is 11.5 Å². The molecule has 1 N–H and O–H groups in total. The summed E-state index contributed by atoms with van der Waals surface area (Å²) < 4.78 is 16.8. The largest absolute Gasteiger partial charge is 0.490 e. The molecule has 0 saturated heterocycles. The first-order chi connectivity index (χ1) is 11.9. The fourth-order valence-corrected chi connectivity index (χ4v) is 2.62. The van der Waals surface area contributed by atoms with Gasteiger partial charge in [0.1, 0.15) is 19.0 Å². The van der Waals surface area contributed by atoms with E-state index in [1.54, 1.807) is 6.92 Å². The Hall–Kier alpha value is -2.40. The van der Waals surface area contributed by atoms with Crippen LogP contribution in [0.5, 0.6) is 17.2 Å². The minimum atomic E-state index is -1.08. The Kier molecular flexibility index (Phi) is 6.53. The molecule has 2 aromatic carbocycles. The molecule has 0 radical (unpaired) electrons. The molecule has 134 valence electrons. The summed E-state index contributed by atoms with van der Waals surface area (Å²) in [5.41, 5.74) is 2.28. The molecule has 5 nitrogen and oxygen atoms in total. The minimum absolute atomic E-state index is 0.0485. The molecule has 25 heavy (non-hydrogen) atoms. The highest BCUT2D eigenvalue weighted by molar-refractivity contribution is 6.32. The Morgan fingerprint density at radius 2 is 1.76 bits per heavy atom. The van der Waals surface area contributed by atoms with Gasteiger partial charge in [0.2, 0.25) is 0 Å². The van der Waals surface area contributed by atoms with Crippen LogP contribution >= 0.6 is 11.6 Å². The summed E-state index contributed by atoms with van der Waals surface area (Å²) in [5, 5.41) is 9.29. The highest BCUT2D eigenvalue weighted by atomic mass is 35.5. The second-order valence-corrected chi connectivity index (χ2v) is 5.90. The third kappa shape index (κ3) is 5.03. The van der Waals surface area contributed by atoms with Gasteiger partial charge in [-0.3, -0.25) is 0 Å². The van der Waals surface area contributed by atoms with Gasteiger partial charge < -0.3 is 19.3 Å². The zero-order chi connectivity index (χ0) is 18.4. The topological polar surface area (TPSA) is 65.0 Å². The molecule has 0 saturated carbocycles. The Morgan fingerprint density at radius 1 is 1.04 bits per heavy atom. The first kappa shape index (κ1) is 18.9. The van der Waals surface area contributed by atoms with Gasteiger partial charge >= 0.3 is 5.97 Å². The highest BCUT2D eigenvalue weighted by Crippen LogP contribution is 2.36. The van der Waals surface area contributed by atoms with E-state index in [0.29, 0.717) is 24.7 Å². The zero-order valence-electron chi connectivity index (χ0n) is 14.5. The second-order valence-electron chi connectivity index (χ2n) is 5.49. The highest BCUT2D eigenvalue weighted by Gasteiger charge is 2.16. The number of aryl methyl sites for hydroxylation is 2. The fraction of sp³-hybridized carbons (Fsp3) is 0.316. The molecule has 0 aliphatic heterocycles. The molecule has 0 spiro atoms. The number of carbonyl (C=O) groups is 1. The Morgan fingerprint density at radius 3 is 2.40 bits per heavy atom. The van der Waals surface area contributed by atoms with Gasteiger partial charge in [-0.05, 0) is 44.5 Å². The summed E-state index contributed by atoms with van der Waals surface area (Å²) in [6.45, 7) is 6.76. The monoisotopic (exact) mass is 364 g/mol. The quantitative estimate of drug-likeness (QED) is 0.698. The maximum Gasteiger partial charge on any atom is 0.335 e. The van der Waals surface area contributed by atoms with Crippen LogP contribution in [-0.4, -0.2) is 30.9 Å². The first-order valence-corrected chi connectivity index (χ1v) is 8.32. The van der Waals surface area contributed by atoms with Crippen molar-refractivity contribution in [3.8, 4) is 17.2 Å². The van der Waals surface area contributed by atoms with E-state index in [1.807, 2.05) is 32.0 Å². The molecule has 2 aromatic rings. The summed E-state index contributed by atoms with van der Waals surface area (Å²) in [7, 11) is 0. The molecule has 0 aromatic heterocycles. The molecule has 0 aliphatic rings.